The van der Waals surface area contributed by atoms with Gasteiger partial charge in [-0.3, -0.25) is 9.10 Å². The fourth-order valence-electron chi connectivity index (χ4n) is 2.89. The summed E-state index contributed by atoms with van der Waals surface area (Å²) in [6.07, 6.45) is 1.52. The molecule has 0 spiro atoms. The topological polar surface area (TPSA) is 66.5 Å². The van der Waals surface area contributed by atoms with Crippen LogP contribution in [0.15, 0.2) is 35.7 Å². The minimum atomic E-state index is -3.43. The number of rotatable bonds is 6. The number of anilines is 1. The van der Waals surface area contributed by atoms with Gasteiger partial charge in [-0.25, -0.2) is 8.42 Å². The van der Waals surface area contributed by atoms with E-state index < -0.39 is 10.0 Å². The molecule has 0 bridgehead atoms. The van der Waals surface area contributed by atoms with Crippen LogP contribution in [0, 0.1) is 0 Å². The maximum Gasteiger partial charge on any atom is 0.261 e. The van der Waals surface area contributed by atoms with Crippen LogP contribution in [0.25, 0.3) is 0 Å². The summed E-state index contributed by atoms with van der Waals surface area (Å²) in [5.41, 5.74) is 2.81. The molecule has 2 heterocycles. The zero-order valence-corrected chi connectivity index (χ0v) is 15.1. The lowest BCUT2D eigenvalue weighted by molar-refractivity contribution is 0.0959. The maximum atomic E-state index is 12.6. The lowest BCUT2D eigenvalue weighted by Gasteiger charge is -2.19. The fourth-order valence-corrected chi connectivity index (χ4v) is 5.23. The maximum absolute atomic E-state index is 12.6. The molecule has 1 aromatic heterocycles. The van der Waals surface area contributed by atoms with E-state index in [0.29, 0.717) is 11.4 Å². The number of sulfonamides is 1. The molecule has 1 aromatic carbocycles. The van der Waals surface area contributed by atoms with Crippen LogP contribution in [0.4, 0.5) is 5.69 Å². The highest BCUT2D eigenvalue weighted by Gasteiger charge is 2.28. The van der Waals surface area contributed by atoms with Gasteiger partial charge in [-0.2, -0.15) is 0 Å². The van der Waals surface area contributed by atoms with Crippen molar-refractivity contribution in [1.29, 1.82) is 0 Å². The third-order valence-electron chi connectivity index (χ3n) is 4.16. The van der Waals surface area contributed by atoms with Gasteiger partial charge in [-0.15, -0.1) is 11.3 Å². The molecule has 0 radical (unpaired) electrons. The Morgan fingerprint density at radius 3 is 2.88 bits per heavy atom. The quantitative estimate of drug-likeness (QED) is 0.856. The smallest absolute Gasteiger partial charge is 0.261 e. The lowest BCUT2D eigenvalue weighted by Crippen LogP contribution is -2.36. The van der Waals surface area contributed by atoms with E-state index in [1.807, 2.05) is 42.6 Å². The molecule has 1 aliphatic rings. The van der Waals surface area contributed by atoms with Crippen molar-refractivity contribution in [3.63, 3.8) is 0 Å². The zero-order valence-electron chi connectivity index (χ0n) is 13.5. The van der Waals surface area contributed by atoms with Crippen LogP contribution in [-0.2, 0) is 22.9 Å². The van der Waals surface area contributed by atoms with Crippen molar-refractivity contribution in [2.45, 2.75) is 19.8 Å². The highest BCUT2D eigenvalue weighted by Crippen LogP contribution is 2.29. The van der Waals surface area contributed by atoms with Gasteiger partial charge in [0, 0.05) is 13.1 Å². The highest BCUT2D eigenvalue weighted by atomic mass is 32.2. The fraction of sp³-hybridized carbons (Fsp3) is 0.353. The van der Waals surface area contributed by atoms with Crippen molar-refractivity contribution in [2.75, 3.05) is 23.1 Å². The van der Waals surface area contributed by atoms with Crippen LogP contribution >= 0.6 is 11.3 Å². The van der Waals surface area contributed by atoms with Crippen molar-refractivity contribution in [3.05, 3.63) is 51.7 Å². The SMILES string of the molecule is CCc1ccsc1C(=O)NCCS(=O)(=O)N1CCc2ccccc21. The van der Waals surface area contributed by atoms with Gasteiger partial charge < -0.3 is 5.32 Å². The predicted molar refractivity (Wildman–Crippen MR) is 97.3 cm³/mol. The average molecular weight is 364 g/mol. The number of hydrogen-bond donors (Lipinski definition) is 1. The summed E-state index contributed by atoms with van der Waals surface area (Å²) in [6, 6.07) is 9.48. The molecule has 0 saturated carbocycles. The Bertz CT molecular complexity index is 843. The van der Waals surface area contributed by atoms with E-state index in [0.717, 1.165) is 29.7 Å². The molecule has 0 atom stereocenters. The number of carbonyl (C=O) groups excluding carboxylic acids is 1. The third-order valence-corrected chi connectivity index (χ3v) is 6.89. The first-order chi connectivity index (χ1) is 11.5. The number of aryl methyl sites for hydroxylation is 1. The first-order valence-corrected chi connectivity index (χ1v) is 10.4. The summed E-state index contributed by atoms with van der Waals surface area (Å²) in [4.78, 5) is 12.8. The normalized spacial score (nSPS) is 13.8. The Kier molecular flexibility index (Phi) is 4.91. The summed E-state index contributed by atoms with van der Waals surface area (Å²) in [5.74, 6) is -0.293. The molecule has 5 nitrogen and oxygen atoms in total. The molecule has 7 heteroatoms. The number of fused-ring (bicyclic) bond motifs is 1. The van der Waals surface area contributed by atoms with Gasteiger partial charge in [0.2, 0.25) is 10.0 Å². The molecule has 0 saturated heterocycles. The number of para-hydroxylation sites is 1. The molecule has 1 amide bonds. The van der Waals surface area contributed by atoms with Crippen molar-refractivity contribution < 1.29 is 13.2 Å². The van der Waals surface area contributed by atoms with Crippen LogP contribution in [0.2, 0.25) is 0 Å². The molecule has 0 aliphatic carbocycles. The van der Waals surface area contributed by atoms with Gasteiger partial charge >= 0.3 is 0 Å². The van der Waals surface area contributed by atoms with Gasteiger partial charge in [0.15, 0.2) is 0 Å². The van der Waals surface area contributed by atoms with E-state index in [2.05, 4.69) is 5.32 Å². The number of carbonyl (C=O) groups is 1. The summed E-state index contributed by atoms with van der Waals surface area (Å²) in [5, 5.41) is 4.61. The number of nitrogens with one attached hydrogen (secondary N) is 1. The molecule has 3 rings (SSSR count). The minimum Gasteiger partial charge on any atom is -0.350 e. The van der Waals surface area contributed by atoms with Gasteiger partial charge in [0.05, 0.1) is 16.3 Å². The van der Waals surface area contributed by atoms with Crippen molar-refractivity contribution in [1.82, 2.24) is 5.32 Å². The number of hydrogen-bond acceptors (Lipinski definition) is 4. The van der Waals surface area contributed by atoms with E-state index in [1.54, 1.807) is 0 Å². The van der Waals surface area contributed by atoms with Gasteiger partial charge in [0.25, 0.3) is 5.91 Å². The molecule has 2 aromatic rings. The predicted octanol–water partition coefficient (Wildman–Crippen LogP) is 2.43. The molecule has 1 N–H and O–H groups in total. The summed E-state index contributed by atoms with van der Waals surface area (Å²) >= 11 is 1.38. The number of nitrogens with zero attached hydrogens (tertiary/aromatic N) is 1. The zero-order chi connectivity index (χ0) is 17.2. The van der Waals surface area contributed by atoms with E-state index >= 15 is 0 Å². The van der Waals surface area contributed by atoms with Crippen molar-refractivity contribution in [3.8, 4) is 0 Å². The number of benzene rings is 1. The monoisotopic (exact) mass is 364 g/mol. The minimum absolute atomic E-state index is 0.0973. The van der Waals surface area contributed by atoms with Crippen LogP contribution in [0.1, 0.15) is 27.7 Å². The average Bonchev–Trinajstić information content (AvgIpc) is 3.21. The first kappa shape index (κ1) is 17.0. The molecule has 0 fully saturated rings. The third kappa shape index (κ3) is 3.32. The van der Waals surface area contributed by atoms with E-state index in [1.165, 1.54) is 15.6 Å². The second-order valence-electron chi connectivity index (χ2n) is 5.65. The van der Waals surface area contributed by atoms with E-state index in [9.17, 15) is 13.2 Å². The molecule has 128 valence electrons. The Hall–Kier alpha value is -1.86. The lowest BCUT2D eigenvalue weighted by atomic mass is 10.2. The first-order valence-electron chi connectivity index (χ1n) is 7.96. The van der Waals surface area contributed by atoms with Crippen LogP contribution < -0.4 is 9.62 Å². The van der Waals surface area contributed by atoms with E-state index in [4.69, 9.17) is 0 Å². The molecular formula is C17H20N2O3S2. The van der Waals surface area contributed by atoms with Gasteiger partial charge in [-0.1, -0.05) is 25.1 Å². The largest absolute Gasteiger partial charge is 0.350 e. The second kappa shape index (κ2) is 6.94. The highest BCUT2D eigenvalue weighted by molar-refractivity contribution is 7.92. The second-order valence-corrected chi connectivity index (χ2v) is 8.58. The molecule has 1 aliphatic heterocycles. The van der Waals surface area contributed by atoms with Crippen molar-refractivity contribution in [2.24, 2.45) is 0 Å². The van der Waals surface area contributed by atoms with Crippen molar-refractivity contribution >= 4 is 33.0 Å². The standard InChI is InChI=1S/C17H20N2O3S2/c1-2-13-8-11-23-16(13)17(20)18-9-12-24(21,22)19-10-7-14-5-3-4-6-15(14)19/h3-6,8,11H,2,7,9-10,12H2,1H3,(H,18,20). The summed E-state index contributed by atoms with van der Waals surface area (Å²) in [6.45, 7) is 2.58. The molecular weight excluding hydrogens is 344 g/mol. The van der Waals surface area contributed by atoms with Gasteiger partial charge in [0.1, 0.15) is 0 Å². The van der Waals surface area contributed by atoms with E-state index in [-0.39, 0.29) is 18.2 Å². The molecule has 0 unspecified atom stereocenters. The Balaban J connectivity index is 1.61. The molecule has 24 heavy (non-hydrogen) atoms. The van der Waals surface area contributed by atoms with Gasteiger partial charge in [-0.05, 0) is 41.5 Å². The Morgan fingerprint density at radius 1 is 1.29 bits per heavy atom. The van der Waals surface area contributed by atoms with Crippen LogP contribution in [0.5, 0.6) is 0 Å². The Morgan fingerprint density at radius 2 is 2.08 bits per heavy atom. The Labute approximate surface area is 146 Å². The number of amides is 1. The summed E-state index contributed by atoms with van der Waals surface area (Å²) in [7, 11) is -3.43. The number of thiophene rings is 1. The summed E-state index contributed by atoms with van der Waals surface area (Å²) < 4.78 is 26.6. The van der Waals surface area contributed by atoms with Crippen LogP contribution in [0.3, 0.4) is 0 Å². The van der Waals surface area contributed by atoms with Crippen LogP contribution in [-0.4, -0.2) is 33.2 Å².